The average Bonchev–Trinajstić information content (AvgIpc) is 2.77. The molecule has 0 aliphatic heterocycles. The third kappa shape index (κ3) is 3.72. The molecule has 0 fully saturated rings. The van der Waals surface area contributed by atoms with Crippen LogP contribution in [0.3, 0.4) is 0 Å². The van der Waals surface area contributed by atoms with Gasteiger partial charge in [0.05, 0.1) is 18.5 Å². The fraction of sp³-hybridized carbons (Fsp3) is 0.615. The average molecular weight is 282 g/mol. The molecule has 1 amide bonds. The van der Waals surface area contributed by atoms with Crippen LogP contribution in [0.15, 0.2) is 0 Å². The van der Waals surface area contributed by atoms with E-state index in [1.54, 1.807) is 0 Å². The Bertz CT molecular complexity index is 482. The summed E-state index contributed by atoms with van der Waals surface area (Å²) >= 11 is 0. The highest BCUT2D eigenvalue weighted by Crippen LogP contribution is 2.15. The first kappa shape index (κ1) is 16.0. The minimum Gasteiger partial charge on any atom is -0.467 e. The van der Waals surface area contributed by atoms with E-state index in [1.807, 2.05) is 20.8 Å². The maximum atomic E-state index is 12.1. The van der Waals surface area contributed by atoms with Gasteiger partial charge in [0.2, 0.25) is 0 Å². The normalized spacial score (nSPS) is 12.2. The summed E-state index contributed by atoms with van der Waals surface area (Å²) in [5.41, 5.74) is 6.96. The first-order valence-electron chi connectivity index (χ1n) is 6.62. The summed E-state index contributed by atoms with van der Waals surface area (Å²) in [5.74, 6) is -0.714. The quantitative estimate of drug-likeness (QED) is 0.671. The van der Waals surface area contributed by atoms with Crippen LogP contribution in [0.25, 0.3) is 0 Å². The zero-order valence-electron chi connectivity index (χ0n) is 12.3. The number of esters is 1. The highest BCUT2D eigenvalue weighted by atomic mass is 16.5. The van der Waals surface area contributed by atoms with Crippen LogP contribution < -0.4 is 11.1 Å². The van der Waals surface area contributed by atoms with Crippen molar-refractivity contribution in [2.45, 2.75) is 39.7 Å². The van der Waals surface area contributed by atoms with Crippen LogP contribution in [0.1, 0.15) is 43.4 Å². The van der Waals surface area contributed by atoms with Crippen LogP contribution in [-0.4, -0.2) is 35.2 Å². The van der Waals surface area contributed by atoms with Gasteiger partial charge in [-0.3, -0.25) is 9.89 Å². The molecule has 0 radical (unpaired) electrons. The van der Waals surface area contributed by atoms with Crippen molar-refractivity contribution in [2.75, 3.05) is 12.8 Å². The van der Waals surface area contributed by atoms with Gasteiger partial charge in [-0.05, 0) is 18.8 Å². The van der Waals surface area contributed by atoms with Gasteiger partial charge < -0.3 is 15.8 Å². The second-order valence-electron chi connectivity index (χ2n) is 5.00. The number of carbonyl (C=O) groups is 2. The van der Waals surface area contributed by atoms with Crippen LogP contribution in [0.4, 0.5) is 5.69 Å². The Morgan fingerprint density at radius 2 is 2.10 bits per heavy atom. The van der Waals surface area contributed by atoms with Gasteiger partial charge in [0.15, 0.2) is 5.69 Å². The number of carbonyl (C=O) groups excluding carboxylic acids is 2. The number of aromatic amines is 1. The van der Waals surface area contributed by atoms with Crippen molar-refractivity contribution >= 4 is 17.6 Å². The summed E-state index contributed by atoms with van der Waals surface area (Å²) < 4.78 is 4.69. The molecule has 0 spiro atoms. The largest absolute Gasteiger partial charge is 0.467 e. The number of anilines is 1. The zero-order chi connectivity index (χ0) is 15.3. The minimum atomic E-state index is -0.700. The third-order valence-electron chi connectivity index (χ3n) is 2.95. The summed E-state index contributed by atoms with van der Waals surface area (Å²) in [5, 5.41) is 9.22. The van der Waals surface area contributed by atoms with Crippen molar-refractivity contribution in [3.05, 3.63) is 11.4 Å². The molecule has 0 aliphatic carbocycles. The second-order valence-corrected chi connectivity index (χ2v) is 5.00. The van der Waals surface area contributed by atoms with E-state index in [1.165, 1.54) is 7.11 Å². The number of hydrogen-bond acceptors (Lipinski definition) is 5. The number of aromatic nitrogens is 2. The van der Waals surface area contributed by atoms with E-state index in [4.69, 9.17) is 10.5 Å². The predicted octanol–water partition coefficient (Wildman–Crippen LogP) is 0.872. The van der Waals surface area contributed by atoms with Crippen molar-refractivity contribution in [2.24, 2.45) is 5.92 Å². The zero-order valence-corrected chi connectivity index (χ0v) is 12.3. The lowest BCUT2D eigenvalue weighted by Crippen LogP contribution is -2.42. The lowest BCUT2D eigenvalue weighted by molar-refractivity contribution is -0.143. The van der Waals surface area contributed by atoms with E-state index in [0.717, 1.165) is 0 Å². The molecular formula is C13H22N4O3. The standard InChI is InChI=1S/C13H22N4O3/c1-5-8-10(14)11(17-16-8)12(18)15-9(6-7(2)3)13(19)20-4/h7,9H,5-6,14H2,1-4H3,(H,15,18)(H,16,17). The van der Waals surface area contributed by atoms with Gasteiger partial charge in [0, 0.05) is 0 Å². The van der Waals surface area contributed by atoms with Gasteiger partial charge in [-0.1, -0.05) is 20.8 Å². The predicted molar refractivity (Wildman–Crippen MR) is 75.1 cm³/mol. The highest BCUT2D eigenvalue weighted by molar-refractivity contribution is 5.99. The molecule has 7 nitrogen and oxygen atoms in total. The maximum Gasteiger partial charge on any atom is 0.328 e. The van der Waals surface area contributed by atoms with E-state index in [0.29, 0.717) is 24.2 Å². The number of aryl methyl sites for hydroxylation is 1. The first-order valence-corrected chi connectivity index (χ1v) is 6.62. The number of nitrogens with two attached hydrogens (primary N) is 1. The Kier molecular flexibility index (Phi) is 5.54. The number of methoxy groups -OCH3 is 1. The second kappa shape index (κ2) is 6.93. The Morgan fingerprint density at radius 3 is 2.55 bits per heavy atom. The van der Waals surface area contributed by atoms with E-state index >= 15 is 0 Å². The van der Waals surface area contributed by atoms with Crippen molar-refractivity contribution in [3.63, 3.8) is 0 Å². The highest BCUT2D eigenvalue weighted by Gasteiger charge is 2.25. The van der Waals surface area contributed by atoms with Crippen LogP contribution in [0, 0.1) is 5.92 Å². The summed E-state index contributed by atoms with van der Waals surface area (Å²) in [6, 6.07) is -0.700. The van der Waals surface area contributed by atoms with E-state index in [-0.39, 0.29) is 11.6 Å². The van der Waals surface area contributed by atoms with Crippen molar-refractivity contribution in [3.8, 4) is 0 Å². The molecule has 20 heavy (non-hydrogen) atoms. The summed E-state index contributed by atoms with van der Waals surface area (Å²) in [6.07, 6.45) is 1.14. The topological polar surface area (TPSA) is 110 Å². The summed E-state index contributed by atoms with van der Waals surface area (Å²) in [6.45, 7) is 5.82. The molecule has 4 N–H and O–H groups in total. The number of amides is 1. The molecule has 0 saturated heterocycles. The van der Waals surface area contributed by atoms with Crippen LogP contribution in [0.2, 0.25) is 0 Å². The molecule has 1 aromatic heterocycles. The van der Waals surface area contributed by atoms with Gasteiger partial charge in [0.1, 0.15) is 6.04 Å². The van der Waals surface area contributed by atoms with E-state index < -0.39 is 17.9 Å². The smallest absolute Gasteiger partial charge is 0.328 e. The Hall–Kier alpha value is -2.05. The molecule has 1 atom stereocenters. The molecule has 0 aromatic carbocycles. The number of H-pyrrole nitrogens is 1. The fourth-order valence-electron chi connectivity index (χ4n) is 1.88. The molecule has 1 aromatic rings. The van der Waals surface area contributed by atoms with Gasteiger partial charge in [0.25, 0.3) is 5.91 Å². The van der Waals surface area contributed by atoms with Gasteiger partial charge in [-0.15, -0.1) is 0 Å². The molecule has 0 bridgehead atoms. The first-order chi connectivity index (χ1) is 9.40. The molecule has 1 unspecified atom stereocenters. The van der Waals surface area contributed by atoms with Gasteiger partial charge in [-0.2, -0.15) is 5.10 Å². The molecular weight excluding hydrogens is 260 g/mol. The van der Waals surface area contributed by atoms with Crippen molar-refractivity contribution in [1.29, 1.82) is 0 Å². The Labute approximate surface area is 118 Å². The third-order valence-corrected chi connectivity index (χ3v) is 2.95. The minimum absolute atomic E-state index is 0.111. The SMILES string of the molecule is CCc1[nH]nc(C(=O)NC(CC(C)C)C(=O)OC)c1N. The molecule has 0 saturated carbocycles. The summed E-state index contributed by atoms with van der Waals surface area (Å²) in [4.78, 5) is 23.8. The molecule has 1 rings (SSSR count). The monoisotopic (exact) mass is 282 g/mol. The Morgan fingerprint density at radius 1 is 1.45 bits per heavy atom. The summed E-state index contributed by atoms with van der Waals surface area (Å²) in [7, 11) is 1.29. The van der Waals surface area contributed by atoms with Crippen LogP contribution in [0.5, 0.6) is 0 Å². The number of nitrogens with zero attached hydrogens (tertiary/aromatic N) is 1. The molecule has 7 heteroatoms. The van der Waals surface area contributed by atoms with Crippen LogP contribution >= 0.6 is 0 Å². The molecule has 1 heterocycles. The van der Waals surface area contributed by atoms with Crippen molar-refractivity contribution in [1.82, 2.24) is 15.5 Å². The number of nitrogens with one attached hydrogen (secondary N) is 2. The maximum absolute atomic E-state index is 12.1. The molecule has 0 aliphatic rings. The lowest BCUT2D eigenvalue weighted by atomic mass is 10.0. The Balaban J connectivity index is 2.84. The molecule has 112 valence electrons. The van der Waals surface area contributed by atoms with Crippen LogP contribution in [-0.2, 0) is 16.0 Å². The number of rotatable bonds is 6. The van der Waals surface area contributed by atoms with E-state index in [2.05, 4.69) is 15.5 Å². The number of ether oxygens (including phenoxy) is 1. The number of hydrogen-bond donors (Lipinski definition) is 3. The van der Waals surface area contributed by atoms with Gasteiger partial charge >= 0.3 is 5.97 Å². The lowest BCUT2D eigenvalue weighted by Gasteiger charge is -2.17. The van der Waals surface area contributed by atoms with Gasteiger partial charge in [-0.25, -0.2) is 4.79 Å². The fourth-order valence-corrected chi connectivity index (χ4v) is 1.88. The number of nitrogen functional groups attached to an aromatic ring is 1. The van der Waals surface area contributed by atoms with E-state index in [9.17, 15) is 9.59 Å². The van der Waals surface area contributed by atoms with Crippen molar-refractivity contribution < 1.29 is 14.3 Å².